The van der Waals surface area contributed by atoms with Gasteiger partial charge in [-0.2, -0.15) is 0 Å². The molecule has 1 aromatic heterocycles. The Morgan fingerprint density at radius 1 is 0.857 bits per heavy atom. The van der Waals surface area contributed by atoms with Crippen molar-refractivity contribution in [2.24, 2.45) is 0 Å². The van der Waals surface area contributed by atoms with Crippen LogP contribution < -0.4 is 19.5 Å². The van der Waals surface area contributed by atoms with E-state index in [1.807, 2.05) is 12.1 Å². The number of anilines is 2. The molecule has 0 saturated carbocycles. The maximum absolute atomic E-state index is 5.40. The Bertz CT molecular complexity index is 915. The zero-order valence-corrected chi connectivity index (χ0v) is 16.8. The largest absolute Gasteiger partial charge is 0.493 e. The average Bonchev–Trinajstić information content (AvgIpc) is 2.73. The van der Waals surface area contributed by atoms with E-state index in [0.717, 1.165) is 16.9 Å². The summed E-state index contributed by atoms with van der Waals surface area (Å²) in [4.78, 5) is 9.00. The molecule has 0 unspecified atom stereocenters. The molecule has 0 atom stereocenters. The molecule has 0 aliphatic rings. The minimum Gasteiger partial charge on any atom is -0.493 e. The molecule has 0 bridgehead atoms. The van der Waals surface area contributed by atoms with Crippen molar-refractivity contribution in [3.8, 4) is 28.5 Å². The Morgan fingerprint density at radius 2 is 1.50 bits per heavy atom. The second kappa shape index (κ2) is 8.61. The number of hydrogen-bond acceptors (Lipinski definition) is 6. The Hall–Kier alpha value is -3.28. The van der Waals surface area contributed by atoms with Crippen LogP contribution >= 0.6 is 0 Å². The second-order valence-corrected chi connectivity index (χ2v) is 6.61. The molecule has 6 heteroatoms. The van der Waals surface area contributed by atoms with Crippen molar-refractivity contribution in [1.29, 1.82) is 0 Å². The molecule has 1 N–H and O–H groups in total. The standard InChI is InChI=1S/C22H25N3O3/c1-14(2)15-6-8-16(9-7-15)18-12-23-13-21(25-18)24-17-10-19(26-3)22(28-5)20(11-17)27-4/h6-14H,1-5H3,(H,24,25). The summed E-state index contributed by atoms with van der Waals surface area (Å²) in [5.74, 6) is 2.80. The highest BCUT2D eigenvalue weighted by Gasteiger charge is 2.14. The molecule has 0 radical (unpaired) electrons. The van der Waals surface area contributed by atoms with Gasteiger partial charge in [0.15, 0.2) is 11.5 Å². The van der Waals surface area contributed by atoms with Crippen molar-refractivity contribution >= 4 is 11.5 Å². The highest BCUT2D eigenvalue weighted by molar-refractivity contribution is 5.68. The predicted octanol–water partition coefficient (Wildman–Crippen LogP) is 5.04. The summed E-state index contributed by atoms with van der Waals surface area (Å²) in [6.45, 7) is 4.35. The van der Waals surface area contributed by atoms with Crippen LogP contribution in [0.3, 0.4) is 0 Å². The van der Waals surface area contributed by atoms with Gasteiger partial charge in [-0.25, -0.2) is 4.98 Å². The van der Waals surface area contributed by atoms with Gasteiger partial charge < -0.3 is 19.5 Å². The third-order valence-corrected chi connectivity index (χ3v) is 4.44. The van der Waals surface area contributed by atoms with Gasteiger partial charge in [-0.15, -0.1) is 0 Å². The van der Waals surface area contributed by atoms with Crippen LogP contribution in [-0.4, -0.2) is 31.3 Å². The average molecular weight is 379 g/mol. The molecule has 2 aromatic carbocycles. The van der Waals surface area contributed by atoms with Crippen LogP contribution in [0.5, 0.6) is 17.2 Å². The zero-order valence-electron chi connectivity index (χ0n) is 16.8. The first-order valence-electron chi connectivity index (χ1n) is 9.05. The highest BCUT2D eigenvalue weighted by atomic mass is 16.5. The second-order valence-electron chi connectivity index (χ2n) is 6.61. The third kappa shape index (κ3) is 4.17. The van der Waals surface area contributed by atoms with Gasteiger partial charge in [0.05, 0.1) is 39.4 Å². The fourth-order valence-electron chi connectivity index (χ4n) is 2.91. The van der Waals surface area contributed by atoms with Gasteiger partial charge in [0.2, 0.25) is 5.75 Å². The SMILES string of the molecule is COc1cc(Nc2cncc(-c3ccc(C(C)C)cc3)n2)cc(OC)c1OC. The van der Waals surface area contributed by atoms with Crippen molar-refractivity contribution in [3.63, 3.8) is 0 Å². The lowest BCUT2D eigenvalue weighted by molar-refractivity contribution is 0.324. The number of benzene rings is 2. The lowest BCUT2D eigenvalue weighted by atomic mass is 10.0. The van der Waals surface area contributed by atoms with Crippen molar-refractivity contribution in [2.45, 2.75) is 19.8 Å². The molecular weight excluding hydrogens is 354 g/mol. The van der Waals surface area contributed by atoms with Crippen LogP contribution in [0.15, 0.2) is 48.8 Å². The first kappa shape index (κ1) is 19.5. The summed E-state index contributed by atoms with van der Waals surface area (Å²) in [6.07, 6.45) is 3.43. The summed E-state index contributed by atoms with van der Waals surface area (Å²) in [7, 11) is 4.75. The van der Waals surface area contributed by atoms with E-state index in [0.29, 0.717) is 29.0 Å². The Balaban J connectivity index is 1.89. The lowest BCUT2D eigenvalue weighted by Crippen LogP contribution is -2.00. The van der Waals surface area contributed by atoms with E-state index in [9.17, 15) is 0 Å². The molecule has 28 heavy (non-hydrogen) atoms. The normalized spacial score (nSPS) is 10.6. The minimum absolute atomic E-state index is 0.494. The molecule has 3 aromatic rings. The Morgan fingerprint density at radius 3 is 2.04 bits per heavy atom. The van der Waals surface area contributed by atoms with E-state index in [2.05, 4.69) is 53.4 Å². The van der Waals surface area contributed by atoms with Gasteiger partial charge in [-0.1, -0.05) is 38.1 Å². The molecule has 0 fully saturated rings. The fourth-order valence-corrected chi connectivity index (χ4v) is 2.91. The van der Waals surface area contributed by atoms with Crippen molar-refractivity contribution in [3.05, 3.63) is 54.4 Å². The quantitative estimate of drug-likeness (QED) is 0.621. The smallest absolute Gasteiger partial charge is 0.203 e. The predicted molar refractivity (Wildman–Crippen MR) is 111 cm³/mol. The molecule has 0 saturated heterocycles. The number of nitrogens with zero attached hydrogens (tertiary/aromatic N) is 2. The van der Waals surface area contributed by atoms with Crippen LogP contribution in [0.1, 0.15) is 25.3 Å². The first-order chi connectivity index (χ1) is 13.5. The maximum atomic E-state index is 5.40. The summed E-state index contributed by atoms with van der Waals surface area (Å²) < 4.78 is 16.2. The molecule has 0 spiro atoms. The summed E-state index contributed by atoms with van der Waals surface area (Å²) >= 11 is 0. The number of ether oxygens (including phenoxy) is 3. The fraction of sp³-hybridized carbons (Fsp3) is 0.273. The van der Waals surface area contributed by atoms with Gasteiger partial charge >= 0.3 is 0 Å². The van der Waals surface area contributed by atoms with E-state index in [1.54, 1.807) is 33.7 Å². The molecule has 0 aliphatic heterocycles. The van der Waals surface area contributed by atoms with Crippen molar-refractivity contribution < 1.29 is 14.2 Å². The van der Waals surface area contributed by atoms with Crippen molar-refractivity contribution in [1.82, 2.24) is 9.97 Å². The number of hydrogen-bond donors (Lipinski definition) is 1. The Kier molecular flexibility index (Phi) is 5.99. The summed E-state index contributed by atoms with van der Waals surface area (Å²) in [5.41, 5.74) is 3.87. The monoisotopic (exact) mass is 379 g/mol. The first-order valence-corrected chi connectivity index (χ1v) is 9.05. The number of rotatable bonds is 7. The molecular formula is C22H25N3O3. The maximum Gasteiger partial charge on any atom is 0.203 e. The van der Waals surface area contributed by atoms with E-state index >= 15 is 0 Å². The lowest BCUT2D eigenvalue weighted by Gasteiger charge is -2.15. The minimum atomic E-state index is 0.494. The number of methoxy groups -OCH3 is 3. The van der Waals surface area contributed by atoms with Crippen molar-refractivity contribution in [2.75, 3.05) is 26.6 Å². The topological polar surface area (TPSA) is 65.5 Å². The van der Waals surface area contributed by atoms with Gasteiger partial charge in [0.25, 0.3) is 0 Å². The third-order valence-electron chi connectivity index (χ3n) is 4.44. The molecule has 1 heterocycles. The summed E-state index contributed by atoms with van der Waals surface area (Å²) in [6, 6.07) is 12.0. The van der Waals surface area contributed by atoms with E-state index < -0.39 is 0 Å². The summed E-state index contributed by atoms with van der Waals surface area (Å²) in [5, 5.41) is 3.26. The molecule has 6 nitrogen and oxygen atoms in total. The van der Waals surface area contributed by atoms with Crippen LogP contribution in [0.4, 0.5) is 11.5 Å². The van der Waals surface area contributed by atoms with Crippen LogP contribution in [0, 0.1) is 0 Å². The highest BCUT2D eigenvalue weighted by Crippen LogP contribution is 2.40. The van der Waals surface area contributed by atoms with Gasteiger partial charge in [0.1, 0.15) is 5.82 Å². The molecule has 3 rings (SSSR count). The van der Waals surface area contributed by atoms with Crippen LogP contribution in [-0.2, 0) is 0 Å². The van der Waals surface area contributed by atoms with E-state index in [4.69, 9.17) is 14.2 Å². The zero-order chi connectivity index (χ0) is 20.1. The molecule has 0 aliphatic carbocycles. The molecule has 0 amide bonds. The number of nitrogens with one attached hydrogen (secondary N) is 1. The van der Waals surface area contributed by atoms with Gasteiger partial charge in [0, 0.05) is 23.4 Å². The van der Waals surface area contributed by atoms with E-state index in [1.165, 1.54) is 5.56 Å². The van der Waals surface area contributed by atoms with Crippen LogP contribution in [0.25, 0.3) is 11.3 Å². The molecule has 146 valence electrons. The van der Waals surface area contributed by atoms with Gasteiger partial charge in [-0.05, 0) is 11.5 Å². The van der Waals surface area contributed by atoms with E-state index in [-0.39, 0.29) is 0 Å². The van der Waals surface area contributed by atoms with Gasteiger partial charge in [-0.3, -0.25) is 4.98 Å². The Labute approximate surface area is 165 Å². The van der Waals surface area contributed by atoms with Crippen LogP contribution in [0.2, 0.25) is 0 Å². The number of aromatic nitrogens is 2.